The van der Waals surface area contributed by atoms with Gasteiger partial charge in [0.1, 0.15) is 4.88 Å². The smallest absolute Gasteiger partial charge is 0.273 e. The number of amides is 1. The number of ether oxygens (including phenoxy) is 1. The third-order valence-electron chi connectivity index (χ3n) is 4.80. The Kier molecular flexibility index (Phi) is 5.88. The van der Waals surface area contributed by atoms with Crippen molar-refractivity contribution in [2.24, 2.45) is 0 Å². The predicted octanol–water partition coefficient (Wildman–Crippen LogP) is 3.40. The van der Waals surface area contributed by atoms with Crippen LogP contribution in [-0.2, 0) is 4.74 Å². The molecule has 1 fully saturated rings. The van der Waals surface area contributed by atoms with Crippen LogP contribution in [0.4, 0.5) is 5.13 Å². The highest BCUT2D eigenvalue weighted by Crippen LogP contribution is 2.34. The highest BCUT2D eigenvalue weighted by Gasteiger charge is 2.26. The normalized spacial score (nSPS) is 15.2. The van der Waals surface area contributed by atoms with E-state index in [1.165, 1.54) is 11.3 Å². The molecule has 0 N–H and O–H groups in total. The Morgan fingerprint density at radius 1 is 1.32 bits per heavy atom. The third kappa shape index (κ3) is 3.90. The van der Waals surface area contributed by atoms with E-state index in [-0.39, 0.29) is 5.91 Å². The van der Waals surface area contributed by atoms with Gasteiger partial charge in [-0.3, -0.25) is 14.6 Å². The molecule has 3 aromatic rings. The topological polar surface area (TPSA) is 71.5 Å². The molecule has 0 bridgehead atoms. The number of aromatic nitrogens is 3. The molecule has 1 aromatic carbocycles. The standard InChI is InChI=1S/C18H20ClN5O2S2/c1-11-13(19)3-4-14-15(11)20-18(27-14)24(6-5-23-7-9-26-10-8-23)17(25)16-12(2)21-22-28-16/h3-4H,5-10H2,1-2H3. The number of thiazole rings is 1. The van der Waals surface area contributed by atoms with Crippen molar-refractivity contribution < 1.29 is 9.53 Å². The van der Waals surface area contributed by atoms with E-state index >= 15 is 0 Å². The van der Waals surface area contributed by atoms with E-state index in [1.54, 1.807) is 11.8 Å². The maximum Gasteiger partial charge on any atom is 0.273 e. The van der Waals surface area contributed by atoms with Gasteiger partial charge >= 0.3 is 0 Å². The SMILES string of the molecule is Cc1nnsc1C(=O)N(CCN1CCOCC1)c1nc2c(C)c(Cl)ccc2s1. The van der Waals surface area contributed by atoms with Crippen LogP contribution in [0.3, 0.4) is 0 Å². The van der Waals surface area contributed by atoms with Crippen molar-refractivity contribution in [3.8, 4) is 0 Å². The van der Waals surface area contributed by atoms with Gasteiger partial charge in [0.25, 0.3) is 5.91 Å². The van der Waals surface area contributed by atoms with Gasteiger partial charge in [-0.1, -0.05) is 27.4 Å². The first-order valence-corrected chi connectivity index (χ1v) is 11.0. The number of hydrogen-bond acceptors (Lipinski definition) is 8. The van der Waals surface area contributed by atoms with Crippen LogP contribution in [0.15, 0.2) is 12.1 Å². The maximum absolute atomic E-state index is 13.3. The number of carbonyl (C=O) groups excluding carboxylic acids is 1. The van der Waals surface area contributed by atoms with E-state index in [4.69, 9.17) is 21.3 Å². The van der Waals surface area contributed by atoms with Gasteiger partial charge in [-0.25, -0.2) is 4.98 Å². The minimum atomic E-state index is -0.108. The highest BCUT2D eigenvalue weighted by molar-refractivity contribution is 7.22. The Morgan fingerprint density at radius 2 is 2.11 bits per heavy atom. The molecule has 0 spiro atoms. The minimum absolute atomic E-state index is 0.108. The van der Waals surface area contributed by atoms with Crippen LogP contribution in [-0.4, -0.2) is 64.8 Å². The molecule has 3 heterocycles. The van der Waals surface area contributed by atoms with Crippen LogP contribution in [0.2, 0.25) is 5.02 Å². The lowest BCUT2D eigenvalue weighted by Gasteiger charge is -2.29. The minimum Gasteiger partial charge on any atom is -0.379 e. The molecule has 0 atom stereocenters. The maximum atomic E-state index is 13.3. The number of rotatable bonds is 5. The number of halogens is 1. The van der Waals surface area contributed by atoms with Crippen molar-refractivity contribution >= 4 is 55.7 Å². The summed E-state index contributed by atoms with van der Waals surface area (Å²) in [6.07, 6.45) is 0. The van der Waals surface area contributed by atoms with Gasteiger partial charge in [0.15, 0.2) is 5.13 Å². The van der Waals surface area contributed by atoms with Crippen molar-refractivity contribution in [3.63, 3.8) is 0 Å². The molecular formula is C18H20ClN5O2S2. The zero-order valence-electron chi connectivity index (χ0n) is 15.6. The Balaban J connectivity index is 1.66. The summed E-state index contributed by atoms with van der Waals surface area (Å²) in [4.78, 5) is 22.6. The molecule has 7 nitrogen and oxygen atoms in total. The lowest BCUT2D eigenvalue weighted by molar-refractivity contribution is 0.0391. The van der Waals surface area contributed by atoms with Crippen molar-refractivity contribution in [2.75, 3.05) is 44.3 Å². The summed E-state index contributed by atoms with van der Waals surface area (Å²) in [5.74, 6) is -0.108. The number of carbonyl (C=O) groups is 1. The second-order valence-electron chi connectivity index (χ2n) is 6.61. The van der Waals surface area contributed by atoms with E-state index in [9.17, 15) is 4.79 Å². The number of aryl methyl sites for hydroxylation is 2. The summed E-state index contributed by atoms with van der Waals surface area (Å²) in [6.45, 7) is 8.26. The molecule has 0 aliphatic carbocycles. The van der Waals surface area contributed by atoms with Gasteiger partial charge in [-0.2, -0.15) is 0 Å². The number of fused-ring (bicyclic) bond motifs is 1. The van der Waals surface area contributed by atoms with Crippen molar-refractivity contribution in [2.45, 2.75) is 13.8 Å². The summed E-state index contributed by atoms with van der Waals surface area (Å²) in [6, 6.07) is 3.83. The van der Waals surface area contributed by atoms with Crippen LogP contribution >= 0.6 is 34.5 Å². The fourth-order valence-corrected chi connectivity index (χ4v) is 4.91. The number of hydrogen-bond donors (Lipinski definition) is 0. The molecule has 148 valence electrons. The number of nitrogens with zero attached hydrogens (tertiary/aromatic N) is 5. The highest BCUT2D eigenvalue weighted by atomic mass is 35.5. The first kappa shape index (κ1) is 19.7. The van der Waals surface area contributed by atoms with Crippen LogP contribution in [0.1, 0.15) is 20.9 Å². The van der Waals surface area contributed by atoms with Gasteiger partial charge in [-0.15, -0.1) is 5.10 Å². The van der Waals surface area contributed by atoms with Crippen LogP contribution in [0, 0.1) is 13.8 Å². The second-order valence-corrected chi connectivity index (χ2v) is 8.78. The molecule has 2 aromatic heterocycles. The first-order valence-electron chi connectivity index (χ1n) is 9.01. The zero-order chi connectivity index (χ0) is 19.7. The molecular weight excluding hydrogens is 418 g/mol. The van der Waals surface area contributed by atoms with E-state index in [1.807, 2.05) is 19.1 Å². The summed E-state index contributed by atoms with van der Waals surface area (Å²) in [5.41, 5.74) is 2.42. The van der Waals surface area contributed by atoms with Crippen molar-refractivity contribution in [1.29, 1.82) is 0 Å². The van der Waals surface area contributed by atoms with Gasteiger partial charge in [0.2, 0.25) is 0 Å². The molecule has 1 aliphatic rings. The monoisotopic (exact) mass is 437 g/mol. The molecule has 10 heteroatoms. The van der Waals surface area contributed by atoms with Gasteiger partial charge in [0.05, 0.1) is 29.1 Å². The number of anilines is 1. The summed E-state index contributed by atoms with van der Waals surface area (Å²) in [5, 5.41) is 5.34. The van der Waals surface area contributed by atoms with Crippen LogP contribution < -0.4 is 4.90 Å². The van der Waals surface area contributed by atoms with Gasteiger partial charge in [0, 0.05) is 31.2 Å². The average Bonchev–Trinajstić information content (AvgIpc) is 3.32. The summed E-state index contributed by atoms with van der Waals surface area (Å²) < 4.78 is 10.4. The molecule has 28 heavy (non-hydrogen) atoms. The fourth-order valence-electron chi connectivity index (χ4n) is 3.10. The van der Waals surface area contributed by atoms with Crippen molar-refractivity contribution in [1.82, 2.24) is 19.5 Å². The Morgan fingerprint density at radius 3 is 2.82 bits per heavy atom. The Labute approximate surface area is 176 Å². The van der Waals surface area contributed by atoms with E-state index in [0.717, 1.165) is 60.2 Å². The third-order valence-corrected chi connectivity index (χ3v) is 7.07. The number of benzene rings is 1. The quantitative estimate of drug-likeness (QED) is 0.609. The van der Waals surface area contributed by atoms with E-state index in [2.05, 4.69) is 14.5 Å². The zero-order valence-corrected chi connectivity index (χ0v) is 18.0. The molecule has 1 amide bonds. The lowest BCUT2D eigenvalue weighted by Crippen LogP contribution is -2.43. The number of morpholine rings is 1. The Bertz CT molecular complexity index is 999. The van der Waals surface area contributed by atoms with E-state index < -0.39 is 0 Å². The molecule has 1 aliphatic heterocycles. The summed E-state index contributed by atoms with van der Waals surface area (Å²) >= 11 is 8.88. The van der Waals surface area contributed by atoms with Crippen molar-refractivity contribution in [3.05, 3.63) is 33.3 Å². The lowest BCUT2D eigenvalue weighted by atomic mass is 10.2. The van der Waals surface area contributed by atoms with Gasteiger partial charge in [-0.05, 0) is 43.1 Å². The molecule has 1 saturated heterocycles. The molecule has 4 rings (SSSR count). The van der Waals surface area contributed by atoms with Crippen LogP contribution in [0.25, 0.3) is 10.2 Å². The second kappa shape index (κ2) is 8.38. The summed E-state index contributed by atoms with van der Waals surface area (Å²) in [7, 11) is 0. The average molecular weight is 438 g/mol. The predicted molar refractivity (Wildman–Crippen MR) is 113 cm³/mol. The molecule has 0 radical (unpaired) electrons. The van der Waals surface area contributed by atoms with Gasteiger partial charge < -0.3 is 4.74 Å². The fraction of sp³-hybridized carbons (Fsp3) is 0.444. The first-order chi connectivity index (χ1) is 13.5. The molecule has 0 saturated carbocycles. The Hall–Kier alpha value is -1.65. The van der Waals surface area contributed by atoms with E-state index in [0.29, 0.717) is 27.3 Å². The largest absolute Gasteiger partial charge is 0.379 e. The molecule has 0 unspecified atom stereocenters. The van der Waals surface area contributed by atoms with Crippen LogP contribution in [0.5, 0.6) is 0 Å².